The van der Waals surface area contributed by atoms with Crippen LogP contribution in [0, 0.1) is 13.8 Å². The van der Waals surface area contributed by atoms with Crippen LogP contribution in [0.15, 0.2) is 48.5 Å². The van der Waals surface area contributed by atoms with Gasteiger partial charge in [-0.15, -0.1) is 0 Å². The Morgan fingerprint density at radius 1 is 0.750 bits per heavy atom. The molecule has 0 aliphatic rings. The van der Waals surface area contributed by atoms with E-state index >= 15 is 0 Å². The summed E-state index contributed by atoms with van der Waals surface area (Å²) < 4.78 is 13.3. The molecule has 0 bridgehead atoms. The Labute approximate surface area is 170 Å². The molecule has 0 aliphatic carbocycles. The van der Waals surface area contributed by atoms with E-state index in [2.05, 4.69) is 55.8 Å². The van der Waals surface area contributed by atoms with Crippen molar-refractivity contribution in [3.63, 3.8) is 0 Å². The zero-order valence-corrected chi connectivity index (χ0v) is 17.5. The number of benzene rings is 3. The van der Waals surface area contributed by atoms with E-state index in [0.717, 1.165) is 32.6 Å². The topological polar surface area (TPSA) is 22.3 Å². The minimum atomic E-state index is 0.708. The lowest BCUT2D eigenvalue weighted by Gasteiger charge is -2.17. The van der Waals surface area contributed by atoms with Crippen molar-refractivity contribution in [2.75, 3.05) is 14.2 Å². The molecule has 4 heteroatoms. The number of hydrogen-bond donors (Lipinski definition) is 0. The van der Waals surface area contributed by atoms with Crippen LogP contribution in [0.3, 0.4) is 0 Å². The Hall–Kier alpha value is -2.78. The van der Waals surface area contributed by atoms with Gasteiger partial charge in [0.15, 0.2) is 11.5 Å². The third-order valence-electron chi connectivity index (χ3n) is 5.45. The molecule has 0 unspecified atom stereocenters. The molecule has 0 fully saturated rings. The van der Waals surface area contributed by atoms with Crippen molar-refractivity contribution >= 4 is 33.4 Å². The SMILES string of the molecule is COc1cc2c(-c3c(C)cccc3C)c3ccc(Cl)cc3[n+](C)c2cc1OC. The van der Waals surface area contributed by atoms with Crippen molar-refractivity contribution in [2.45, 2.75) is 13.8 Å². The molecular weight excluding hydrogens is 370 g/mol. The maximum Gasteiger partial charge on any atom is 0.217 e. The Balaban J connectivity index is 2.30. The van der Waals surface area contributed by atoms with Crippen LogP contribution in [0.2, 0.25) is 5.02 Å². The molecule has 3 aromatic carbocycles. The fourth-order valence-corrected chi connectivity index (χ4v) is 4.26. The molecule has 0 saturated carbocycles. The Bertz CT molecular complexity index is 1210. The highest BCUT2D eigenvalue weighted by Gasteiger charge is 2.23. The van der Waals surface area contributed by atoms with Gasteiger partial charge in [0.1, 0.15) is 7.05 Å². The number of aromatic nitrogens is 1. The number of rotatable bonds is 3. The van der Waals surface area contributed by atoms with Crippen molar-refractivity contribution in [1.82, 2.24) is 0 Å². The van der Waals surface area contributed by atoms with Crippen LogP contribution >= 0.6 is 11.6 Å². The minimum Gasteiger partial charge on any atom is -0.493 e. The van der Waals surface area contributed by atoms with E-state index in [1.807, 2.05) is 18.2 Å². The minimum absolute atomic E-state index is 0.708. The van der Waals surface area contributed by atoms with Gasteiger partial charge in [-0.3, -0.25) is 0 Å². The first-order chi connectivity index (χ1) is 13.5. The zero-order valence-electron chi connectivity index (χ0n) is 16.8. The van der Waals surface area contributed by atoms with E-state index in [0.29, 0.717) is 5.75 Å². The average molecular weight is 393 g/mol. The van der Waals surface area contributed by atoms with Crippen LogP contribution in [0.4, 0.5) is 0 Å². The van der Waals surface area contributed by atoms with Gasteiger partial charge >= 0.3 is 0 Å². The predicted molar refractivity (Wildman–Crippen MR) is 116 cm³/mol. The lowest BCUT2D eigenvalue weighted by atomic mass is 9.90. The van der Waals surface area contributed by atoms with Gasteiger partial charge in [-0.2, -0.15) is 4.57 Å². The Kier molecular flexibility index (Phi) is 4.64. The lowest BCUT2D eigenvalue weighted by Crippen LogP contribution is -2.30. The van der Waals surface area contributed by atoms with Crippen LogP contribution in [0.25, 0.3) is 32.9 Å². The van der Waals surface area contributed by atoms with Gasteiger partial charge in [-0.25, -0.2) is 0 Å². The summed E-state index contributed by atoms with van der Waals surface area (Å²) in [6, 6.07) is 16.6. The van der Waals surface area contributed by atoms with Crippen LogP contribution in [0.1, 0.15) is 11.1 Å². The number of hydrogen-bond acceptors (Lipinski definition) is 2. The third-order valence-corrected chi connectivity index (χ3v) is 5.69. The molecule has 0 spiro atoms. The fourth-order valence-electron chi connectivity index (χ4n) is 4.09. The van der Waals surface area contributed by atoms with E-state index < -0.39 is 0 Å². The smallest absolute Gasteiger partial charge is 0.217 e. The van der Waals surface area contributed by atoms with Crippen molar-refractivity contribution in [3.8, 4) is 22.6 Å². The number of pyridine rings is 1. The molecule has 4 aromatic rings. The number of aryl methyl sites for hydroxylation is 3. The van der Waals surface area contributed by atoms with Gasteiger partial charge in [0, 0.05) is 16.7 Å². The molecule has 4 rings (SSSR count). The summed E-state index contributed by atoms with van der Waals surface area (Å²) in [6.45, 7) is 4.31. The van der Waals surface area contributed by atoms with E-state index in [1.54, 1.807) is 14.2 Å². The molecule has 28 heavy (non-hydrogen) atoms. The van der Waals surface area contributed by atoms with Gasteiger partial charge in [0.2, 0.25) is 11.0 Å². The predicted octanol–water partition coefficient (Wildman–Crippen LogP) is 5.77. The largest absolute Gasteiger partial charge is 0.493 e. The maximum absolute atomic E-state index is 6.35. The lowest BCUT2D eigenvalue weighted by molar-refractivity contribution is -0.617. The van der Waals surface area contributed by atoms with Crippen LogP contribution in [-0.4, -0.2) is 14.2 Å². The van der Waals surface area contributed by atoms with Crippen LogP contribution < -0.4 is 14.0 Å². The highest BCUT2D eigenvalue weighted by Crippen LogP contribution is 2.41. The van der Waals surface area contributed by atoms with E-state index in [4.69, 9.17) is 21.1 Å². The van der Waals surface area contributed by atoms with Crippen molar-refractivity contribution in [1.29, 1.82) is 0 Å². The van der Waals surface area contributed by atoms with Crippen LogP contribution in [0.5, 0.6) is 11.5 Å². The third kappa shape index (κ3) is 2.78. The van der Waals surface area contributed by atoms with Gasteiger partial charge in [0.05, 0.1) is 31.1 Å². The highest BCUT2D eigenvalue weighted by atomic mass is 35.5. The molecule has 0 N–H and O–H groups in total. The maximum atomic E-state index is 6.35. The second kappa shape index (κ2) is 6.99. The molecule has 142 valence electrons. The van der Waals surface area contributed by atoms with Crippen molar-refractivity contribution < 1.29 is 14.0 Å². The summed E-state index contributed by atoms with van der Waals surface area (Å²) >= 11 is 6.35. The average Bonchev–Trinajstić information content (AvgIpc) is 2.69. The summed E-state index contributed by atoms with van der Waals surface area (Å²) in [5, 5.41) is 2.99. The van der Waals surface area contributed by atoms with Crippen molar-refractivity contribution in [2.24, 2.45) is 7.05 Å². The summed E-state index contributed by atoms with van der Waals surface area (Å²) in [7, 11) is 5.39. The summed E-state index contributed by atoms with van der Waals surface area (Å²) in [4.78, 5) is 0. The number of halogens is 1. The molecule has 0 aliphatic heterocycles. The first-order valence-corrected chi connectivity index (χ1v) is 9.57. The zero-order chi connectivity index (χ0) is 20.0. The van der Waals surface area contributed by atoms with E-state index in [1.165, 1.54) is 22.3 Å². The molecule has 0 radical (unpaired) electrons. The Morgan fingerprint density at radius 2 is 1.36 bits per heavy atom. The first kappa shape index (κ1) is 18.6. The molecule has 3 nitrogen and oxygen atoms in total. The first-order valence-electron chi connectivity index (χ1n) is 9.19. The normalized spacial score (nSPS) is 11.2. The monoisotopic (exact) mass is 392 g/mol. The number of fused-ring (bicyclic) bond motifs is 2. The molecule has 1 heterocycles. The van der Waals surface area contributed by atoms with E-state index in [9.17, 15) is 0 Å². The van der Waals surface area contributed by atoms with Crippen LogP contribution in [-0.2, 0) is 7.05 Å². The summed E-state index contributed by atoms with van der Waals surface area (Å²) in [6.07, 6.45) is 0. The van der Waals surface area contributed by atoms with Gasteiger partial charge in [-0.1, -0.05) is 29.8 Å². The second-order valence-corrected chi connectivity index (χ2v) is 7.52. The number of ether oxygens (including phenoxy) is 2. The van der Waals surface area contributed by atoms with Gasteiger partial charge in [-0.05, 0) is 48.7 Å². The highest BCUT2D eigenvalue weighted by molar-refractivity contribution is 6.31. The summed E-state index contributed by atoms with van der Waals surface area (Å²) in [5.74, 6) is 1.43. The molecule has 0 amide bonds. The van der Waals surface area contributed by atoms with Gasteiger partial charge in [0.25, 0.3) is 0 Å². The molecule has 1 aromatic heterocycles. The quantitative estimate of drug-likeness (QED) is 0.326. The van der Waals surface area contributed by atoms with E-state index in [-0.39, 0.29) is 0 Å². The Morgan fingerprint density at radius 3 is 2.00 bits per heavy atom. The second-order valence-electron chi connectivity index (χ2n) is 7.09. The molecule has 0 atom stereocenters. The number of nitrogens with zero attached hydrogens (tertiary/aromatic N) is 1. The number of methoxy groups -OCH3 is 2. The fraction of sp³-hybridized carbons (Fsp3) is 0.208. The van der Waals surface area contributed by atoms with Gasteiger partial charge < -0.3 is 9.47 Å². The molecular formula is C24H23ClNO2+. The van der Waals surface area contributed by atoms with Crippen molar-refractivity contribution in [3.05, 3.63) is 64.7 Å². The standard InChI is InChI=1S/C24H23ClNO2/c1-14-7-6-8-15(2)23(14)24-17-10-9-16(25)11-19(17)26(3)20-13-22(28-5)21(27-4)12-18(20)24/h6-13H,1-5H3/q+1. The molecule has 0 saturated heterocycles. The summed E-state index contributed by atoms with van der Waals surface area (Å²) in [5.41, 5.74) is 7.04.